The summed E-state index contributed by atoms with van der Waals surface area (Å²) >= 11 is 0. The molecule has 6 heteroatoms. The highest BCUT2D eigenvalue weighted by Crippen LogP contribution is 2.28. The first-order valence-corrected chi connectivity index (χ1v) is 7.12. The number of nitrogens with one attached hydrogen (secondary N) is 1. The van der Waals surface area contributed by atoms with Crippen molar-refractivity contribution >= 4 is 23.2 Å². The number of amides is 2. The molecule has 5 nitrogen and oxygen atoms in total. The predicted octanol–water partition coefficient (Wildman–Crippen LogP) is 2.58. The number of nitrogens with zero attached hydrogens (tertiary/aromatic N) is 1. The van der Waals surface area contributed by atoms with Crippen molar-refractivity contribution in [3.8, 4) is 5.75 Å². The van der Waals surface area contributed by atoms with Crippen molar-refractivity contribution in [1.82, 2.24) is 0 Å². The van der Waals surface area contributed by atoms with E-state index in [1.165, 1.54) is 19.2 Å². The topological polar surface area (TPSA) is 58.6 Å². The van der Waals surface area contributed by atoms with Gasteiger partial charge in [-0.05, 0) is 24.3 Å². The van der Waals surface area contributed by atoms with Crippen LogP contribution >= 0.6 is 0 Å². The van der Waals surface area contributed by atoms with E-state index in [1.807, 2.05) is 0 Å². The summed E-state index contributed by atoms with van der Waals surface area (Å²) < 4.78 is 18.8. The van der Waals surface area contributed by atoms with E-state index < -0.39 is 17.8 Å². The molecule has 1 N–H and O–H groups in total. The number of rotatable bonds is 4. The summed E-state index contributed by atoms with van der Waals surface area (Å²) in [5.74, 6) is -0.662. The van der Waals surface area contributed by atoms with Gasteiger partial charge in [0.15, 0.2) is 0 Å². The van der Waals surface area contributed by atoms with Crippen molar-refractivity contribution in [2.75, 3.05) is 17.3 Å². The summed E-state index contributed by atoms with van der Waals surface area (Å²) in [6, 6.07) is 12.0. The molecule has 0 aromatic heterocycles. The third kappa shape index (κ3) is 2.88. The summed E-state index contributed by atoms with van der Waals surface area (Å²) in [4.78, 5) is 25.8. The molecular formula is C17H15FN2O3. The van der Waals surface area contributed by atoms with Gasteiger partial charge in [-0.25, -0.2) is 9.29 Å². The van der Waals surface area contributed by atoms with Gasteiger partial charge in [-0.1, -0.05) is 18.2 Å². The number of anilines is 2. The molecule has 2 aromatic rings. The van der Waals surface area contributed by atoms with Gasteiger partial charge >= 0.3 is 0 Å². The number of methoxy groups -OCH3 is 1. The number of benzene rings is 2. The minimum Gasteiger partial charge on any atom is -0.497 e. The van der Waals surface area contributed by atoms with Gasteiger partial charge in [0.1, 0.15) is 17.6 Å². The van der Waals surface area contributed by atoms with Crippen molar-refractivity contribution < 1.29 is 18.7 Å². The maximum Gasteiger partial charge on any atom is 0.256 e. The third-order valence-electron chi connectivity index (χ3n) is 3.66. The van der Waals surface area contributed by atoms with Crippen molar-refractivity contribution in [1.29, 1.82) is 0 Å². The Bertz CT molecular complexity index is 763. The molecule has 0 saturated carbocycles. The second-order valence-electron chi connectivity index (χ2n) is 5.15. The van der Waals surface area contributed by atoms with Gasteiger partial charge in [-0.15, -0.1) is 0 Å². The van der Waals surface area contributed by atoms with Gasteiger partial charge in [0.05, 0.1) is 24.9 Å². The SMILES string of the molecule is COc1cccc(N2C(=O)CC(Nc3ccccc3F)C2=O)c1. The Morgan fingerprint density at radius 2 is 1.96 bits per heavy atom. The molecule has 2 aromatic carbocycles. The molecule has 1 atom stereocenters. The number of imide groups is 1. The van der Waals surface area contributed by atoms with Crippen LogP contribution in [0.4, 0.5) is 15.8 Å². The molecular weight excluding hydrogens is 299 g/mol. The summed E-state index contributed by atoms with van der Waals surface area (Å²) in [5.41, 5.74) is 0.642. The first kappa shape index (κ1) is 15.0. The molecule has 1 saturated heterocycles. The van der Waals surface area contributed by atoms with E-state index in [0.717, 1.165) is 4.90 Å². The zero-order valence-corrected chi connectivity index (χ0v) is 12.5. The molecule has 1 unspecified atom stereocenters. The van der Waals surface area contributed by atoms with Crippen LogP contribution in [-0.4, -0.2) is 25.0 Å². The normalized spacial score (nSPS) is 17.5. The number of hydrogen-bond donors (Lipinski definition) is 1. The lowest BCUT2D eigenvalue weighted by Gasteiger charge is -2.17. The van der Waals surface area contributed by atoms with Crippen molar-refractivity contribution in [3.05, 3.63) is 54.3 Å². The Balaban J connectivity index is 1.84. The van der Waals surface area contributed by atoms with E-state index in [4.69, 9.17) is 4.74 Å². The van der Waals surface area contributed by atoms with E-state index in [-0.39, 0.29) is 18.0 Å². The Kier molecular flexibility index (Phi) is 3.97. The molecule has 0 radical (unpaired) electrons. The number of hydrogen-bond acceptors (Lipinski definition) is 4. The van der Waals surface area contributed by atoms with Crippen LogP contribution in [0, 0.1) is 5.82 Å². The summed E-state index contributed by atoms with van der Waals surface area (Å²) in [6.45, 7) is 0. The van der Waals surface area contributed by atoms with Gasteiger partial charge < -0.3 is 10.1 Å². The highest BCUT2D eigenvalue weighted by molar-refractivity contribution is 6.23. The van der Waals surface area contributed by atoms with Gasteiger partial charge in [0, 0.05) is 6.07 Å². The van der Waals surface area contributed by atoms with Crippen molar-refractivity contribution in [3.63, 3.8) is 0 Å². The molecule has 2 amide bonds. The number of carbonyl (C=O) groups is 2. The second-order valence-corrected chi connectivity index (χ2v) is 5.15. The van der Waals surface area contributed by atoms with Crippen LogP contribution in [0.5, 0.6) is 5.75 Å². The fourth-order valence-electron chi connectivity index (χ4n) is 2.53. The van der Waals surface area contributed by atoms with E-state index in [0.29, 0.717) is 11.4 Å². The summed E-state index contributed by atoms with van der Waals surface area (Å²) in [6.07, 6.45) is -0.0234. The highest BCUT2D eigenvalue weighted by Gasteiger charge is 2.39. The molecule has 3 rings (SSSR count). The molecule has 23 heavy (non-hydrogen) atoms. The molecule has 1 aliphatic rings. The highest BCUT2D eigenvalue weighted by atomic mass is 19.1. The first-order valence-electron chi connectivity index (χ1n) is 7.12. The minimum atomic E-state index is -0.786. The lowest BCUT2D eigenvalue weighted by Crippen LogP contribution is -2.34. The maximum absolute atomic E-state index is 13.7. The van der Waals surface area contributed by atoms with E-state index in [9.17, 15) is 14.0 Å². The zero-order valence-electron chi connectivity index (χ0n) is 12.5. The number of halogens is 1. The van der Waals surface area contributed by atoms with Gasteiger partial charge in [0.2, 0.25) is 5.91 Å². The molecule has 0 bridgehead atoms. The van der Waals surface area contributed by atoms with Crippen LogP contribution in [0.15, 0.2) is 48.5 Å². The van der Waals surface area contributed by atoms with Crippen LogP contribution in [0.2, 0.25) is 0 Å². The fourth-order valence-corrected chi connectivity index (χ4v) is 2.53. The summed E-state index contributed by atoms with van der Waals surface area (Å²) in [7, 11) is 1.51. The van der Waals surface area contributed by atoms with Crippen LogP contribution < -0.4 is 15.0 Å². The quantitative estimate of drug-likeness (QED) is 0.881. The fraction of sp³-hybridized carbons (Fsp3) is 0.176. The Morgan fingerprint density at radius 1 is 1.17 bits per heavy atom. The lowest BCUT2D eigenvalue weighted by atomic mass is 10.2. The van der Waals surface area contributed by atoms with Gasteiger partial charge in [-0.3, -0.25) is 9.59 Å². The van der Waals surface area contributed by atoms with Gasteiger partial charge in [-0.2, -0.15) is 0 Å². The average Bonchev–Trinajstić information content (AvgIpc) is 2.83. The van der Waals surface area contributed by atoms with E-state index in [1.54, 1.807) is 36.4 Å². The molecule has 118 valence electrons. The largest absolute Gasteiger partial charge is 0.497 e. The molecule has 1 fully saturated rings. The lowest BCUT2D eigenvalue weighted by molar-refractivity contribution is -0.121. The van der Waals surface area contributed by atoms with Gasteiger partial charge in [0.25, 0.3) is 5.91 Å². The molecule has 1 heterocycles. The van der Waals surface area contributed by atoms with E-state index in [2.05, 4.69) is 5.32 Å². The number of carbonyl (C=O) groups excluding carboxylic acids is 2. The average molecular weight is 314 g/mol. The van der Waals surface area contributed by atoms with Crippen LogP contribution in [0.25, 0.3) is 0 Å². The third-order valence-corrected chi connectivity index (χ3v) is 3.66. The zero-order chi connectivity index (χ0) is 16.4. The molecule has 0 aliphatic carbocycles. The minimum absolute atomic E-state index is 0.0234. The monoisotopic (exact) mass is 314 g/mol. The maximum atomic E-state index is 13.7. The number of ether oxygens (including phenoxy) is 1. The van der Waals surface area contributed by atoms with Crippen LogP contribution in [0.3, 0.4) is 0 Å². The standard InChI is InChI=1S/C17H15FN2O3/c1-23-12-6-4-5-11(9-12)20-16(21)10-15(17(20)22)19-14-8-3-2-7-13(14)18/h2-9,15,19H,10H2,1H3. The Hall–Kier alpha value is -2.89. The van der Waals surface area contributed by atoms with Crippen LogP contribution in [0.1, 0.15) is 6.42 Å². The predicted molar refractivity (Wildman–Crippen MR) is 83.9 cm³/mol. The van der Waals surface area contributed by atoms with Crippen molar-refractivity contribution in [2.45, 2.75) is 12.5 Å². The van der Waals surface area contributed by atoms with Crippen LogP contribution in [-0.2, 0) is 9.59 Å². The van der Waals surface area contributed by atoms with E-state index >= 15 is 0 Å². The Morgan fingerprint density at radius 3 is 2.70 bits per heavy atom. The number of para-hydroxylation sites is 1. The van der Waals surface area contributed by atoms with Crippen molar-refractivity contribution in [2.24, 2.45) is 0 Å². The smallest absolute Gasteiger partial charge is 0.256 e. The second kappa shape index (κ2) is 6.08. The first-order chi connectivity index (χ1) is 11.1. The Labute approximate surface area is 132 Å². The summed E-state index contributed by atoms with van der Waals surface area (Å²) in [5, 5.41) is 2.80. The molecule has 0 spiro atoms. The molecule has 1 aliphatic heterocycles.